The van der Waals surface area contributed by atoms with Crippen molar-refractivity contribution in [1.29, 1.82) is 0 Å². The molecule has 0 spiro atoms. The average molecular weight is 211 g/mol. The van der Waals surface area contributed by atoms with Gasteiger partial charge in [-0.15, -0.1) is 6.58 Å². The highest BCUT2D eigenvalue weighted by molar-refractivity contribution is 5.87. The lowest BCUT2D eigenvalue weighted by atomic mass is 10.0. The van der Waals surface area contributed by atoms with E-state index in [2.05, 4.69) is 18.1 Å². The lowest BCUT2D eigenvalue weighted by Crippen LogP contribution is -2.45. The summed E-state index contributed by atoms with van der Waals surface area (Å²) in [6.45, 7) is 10.1. The minimum Gasteiger partial charge on any atom is -0.478 e. The molecule has 0 amide bonds. The summed E-state index contributed by atoms with van der Waals surface area (Å²) in [5.74, 6) is -0.937. The summed E-state index contributed by atoms with van der Waals surface area (Å²) in [6, 6.07) is -0.149. The number of hydrogen-bond acceptors (Lipinski definition) is 3. The van der Waals surface area contributed by atoms with Gasteiger partial charge in [0.05, 0.1) is 13.2 Å². The van der Waals surface area contributed by atoms with Gasteiger partial charge in [-0.05, 0) is 6.42 Å². The molecule has 1 aliphatic rings. The molecule has 84 valence electrons. The first-order valence-electron chi connectivity index (χ1n) is 5.01. The second-order valence-corrected chi connectivity index (χ2v) is 3.52. The molecular weight excluding hydrogens is 194 g/mol. The van der Waals surface area contributed by atoms with Crippen molar-refractivity contribution in [2.24, 2.45) is 0 Å². The molecule has 15 heavy (non-hydrogen) atoms. The van der Waals surface area contributed by atoms with Gasteiger partial charge in [-0.25, -0.2) is 4.79 Å². The van der Waals surface area contributed by atoms with Crippen LogP contribution in [-0.2, 0) is 9.53 Å². The Morgan fingerprint density at radius 1 is 1.53 bits per heavy atom. The molecule has 1 fully saturated rings. The second-order valence-electron chi connectivity index (χ2n) is 3.52. The Balaban J connectivity index is 2.66. The lowest BCUT2D eigenvalue weighted by molar-refractivity contribution is -0.133. The van der Waals surface area contributed by atoms with E-state index in [0.717, 1.165) is 13.1 Å². The first kappa shape index (κ1) is 11.9. The summed E-state index contributed by atoms with van der Waals surface area (Å²) in [6.07, 6.45) is 2.35. The van der Waals surface area contributed by atoms with Gasteiger partial charge in [0.15, 0.2) is 0 Å². The van der Waals surface area contributed by atoms with Gasteiger partial charge in [-0.1, -0.05) is 12.7 Å². The molecule has 1 N–H and O–H groups in total. The zero-order valence-electron chi connectivity index (χ0n) is 8.82. The Kier molecular flexibility index (Phi) is 4.52. The number of nitrogens with zero attached hydrogens (tertiary/aromatic N) is 1. The van der Waals surface area contributed by atoms with Crippen molar-refractivity contribution in [2.45, 2.75) is 12.5 Å². The maximum atomic E-state index is 10.9. The van der Waals surface area contributed by atoms with Crippen LogP contribution in [-0.4, -0.2) is 48.3 Å². The Morgan fingerprint density at radius 3 is 2.60 bits per heavy atom. The summed E-state index contributed by atoms with van der Waals surface area (Å²) < 4.78 is 5.22. The Morgan fingerprint density at radius 2 is 2.13 bits per heavy atom. The fourth-order valence-electron chi connectivity index (χ4n) is 1.70. The van der Waals surface area contributed by atoms with E-state index in [4.69, 9.17) is 9.84 Å². The highest BCUT2D eigenvalue weighted by atomic mass is 16.5. The van der Waals surface area contributed by atoms with Crippen LogP contribution in [0.3, 0.4) is 0 Å². The molecule has 1 rings (SSSR count). The summed E-state index contributed by atoms with van der Waals surface area (Å²) in [5, 5.41) is 8.92. The summed E-state index contributed by atoms with van der Waals surface area (Å²) in [4.78, 5) is 13.0. The number of hydrogen-bond donors (Lipinski definition) is 1. The largest absolute Gasteiger partial charge is 0.478 e. The Labute approximate surface area is 89.8 Å². The maximum absolute atomic E-state index is 10.9. The first-order chi connectivity index (χ1) is 7.16. The molecule has 0 bridgehead atoms. The van der Waals surface area contributed by atoms with Crippen molar-refractivity contribution < 1.29 is 14.6 Å². The van der Waals surface area contributed by atoms with Gasteiger partial charge >= 0.3 is 5.97 Å². The van der Waals surface area contributed by atoms with Crippen molar-refractivity contribution in [3.8, 4) is 0 Å². The SMILES string of the molecule is C=CCC(C(=C)C(=O)O)N1CCOCC1. The lowest BCUT2D eigenvalue weighted by Gasteiger charge is -2.34. The first-order valence-corrected chi connectivity index (χ1v) is 5.01. The van der Waals surface area contributed by atoms with Crippen molar-refractivity contribution in [3.05, 3.63) is 24.8 Å². The van der Waals surface area contributed by atoms with Gasteiger partial charge in [-0.2, -0.15) is 0 Å². The number of carbonyl (C=O) groups is 1. The quantitative estimate of drug-likeness (QED) is 0.542. The Hall–Kier alpha value is -1.13. The minimum atomic E-state index is -0.937. The normalized spacial score (nSPS) is 19.5. The van der Waals surface area contributed by atoms with E-state index in [9.17, 15) is 4.79 Å². The number of carboxylic acid groups (broad SMARTS) is 1. The summed E-state index contributed by atoms with van der Waals surface area (Å²) in [7, 11) is 0. The van der Waals surface area contributed by atoms with Crippen molar-refractivity contribution in [2.75, 3.05) is 26.3 Å². The second kappa shape index (κ2) is 5.68. The van der Waals surface area contributed by atoms with Crippen LogP contribution >= 0.6 is 0 Å². The molecule has 1 saturated heterocycles. The summed E-state index contributed by atoms with van der Waals surface area (Å²) in [5.41, 5.74) is 0.233. The van der Waals surface area contributed by atoms with E-state index in [1.54, 1.807) is 6.08 Å². The van der Waals surface area contributed by atoms with Crippen LogP contribution in [0.25, 0.3) is 0 Å². The van der Waals surface area contributed by atoms with Gasteiger partial charge < -0.3 is 9.84 Å². The van der Waals surface area contributed by atoms with E-state index < -0.39 is 5.97 Å². The van der Waals surface area contributed by atoms with Crippen LogP contribution in [0.1, 0.15) is 6.42 Å². The van der Waals surface area contributed by atoms with Crippen LogP contribution in [0.4, 0.5) is 0 Å². The predicted octanol–water partition coefficient (Wildman–Crippen LogP) is 0.904. The van der Waals surface area contributed by atoms with Gasteiger partial charge in [0.2, 0.25) is 0 Å². The van der Waals surface area contributed by atoms with Gasteiger partial charge in [0.1, 0.15) is 0 Å². The molecule has 0 aromatic carbocycles. The number of ether oxygens (including phenoxy) is 1. The molecule has 1 heterocycles. The smallest absolute Gasteiger partial charge is 0.332 e. The van der Waals surface area contributed by atoms with Gasteiger partial charge in [0.25, 0.3) is 0 Å². The Bertz CT molecular complexity index is 257. The molecule has 1 atom stereocenters. The van der Waals surface area contributed by atoms with Crippen LogP contribution in [0.2, 0.25) is 0 Å². The molecule has 0 radical (unpaired) electrons. The van der Waals surface area contributed by atoms with E-state index in [-0.39, 0.29) is 11.6 Å². The zero-order valence-corrected chi connectivity index (χ0v) is 8.82. The van der Waals surface area contributed by atoms with Crippen LogP contribution < -0.4 is 0 Å². The van der Waals surface area contributed by atoms with Gasteiger partial charge in [0, 0.05) is 24.7 Å². The number of aliphatic carboxylic acids is 1. The molecular formula is C11H17NO3. The molecule has 1 unspecified atom stereocenters. The monoisotopic (exact) mass is 211 g/mol. The third-order valence-electron chi connectivity index (χ3n) is 2.55. The van der Waals surface area contributed by atoms with Crippen molar-refractivity contribution >= 4 is 5.97 Å². The van der Waals surface area contributed by atoms with E-state index >= 15 is 0 Å². The van der Waals surface area contributed by atoms with Crippen LogP contribution in [0.15, 0.2) is 24.8 Å². The standard InChI is InChI=1S/C11H17NO3/c1-3-4-10(9(2)11(13)14)12-5-7-15-8-6-12/h3,10H,1-2,4-8H2,(H,13,14). The fourth-order valence-corrected chi connectivity index (χ4v) is 1.70. The fraction of sp³-hybridized carbons (Fsp3) is 0.545. The molecule has 0 aromatic rings. The molecule has 0 aromatic heterocycles. The number of rotatable bonds is 5. The molecule has 4 nitrogen and oxygen atoms in total. The third-order valence-corrected chi connectivity index (χ3v) is 2.55. The average Bonchev–Trinajstić information content (AvgIpc) is 2.26. The summed E-state index contributed by atoms with van der Waals surface area (Å²) >= 11 is 0. The molecule has 4 heteroatoms. The third kappa shape index (κ3) is 3.18. The van der Waals surface area contributed by atoms with Gasteiger partial charge in [-0.3, -0.25) is 4.90 Å². The molecule has 0 aliphatic carbocycles. The van der Waals surface area contributed by atoms with E-state index in [1.165, 1.54) is 0 Å². The zero-order chi connectivity index (χ0) is 11.3. The highest BCUT2D eigenvalue weighted by Gasteiger charge is 2.25. The molecule has 0 saturated carbocycles. The van der Waals surface area contributed by atoms with E-state index in [1.807, 2.05) is 0 Å². The predicted molar refractivity (Wildman–Crippen MR) is 57.8 cm³/mol. The number of morpholine rings is 1. The van der Waals surface area contributed by atoms with Crippen molar-refractivity contribution in [1.82, 2.24) is 4.90 Å². The molecule has 1 aliphatic heterocycles. The highest BCUT2D eigenvalue weighted by Crippen LogP contribution is 2.15. The van der Waals surface area contributed by atoms with Crippen LogP contribution in [0.5, 0.6) is 0 Å². The van der Waals surface area contributed by atoms with Crippen LogP contribution in [0, 0.1) is 0 Å². The minimum absolute atomic E-state index is 0.149. The maximum Gasteiger partial charge on any atom is 0.332 e. The van der Waals surface area contributed by atoms with E-state index in [0.29, 0.717) is 19.6 Å². The topological polar surface area (TPSA) is 49.8 Å². The van der Waals surface area contributed by atoms with Crippen molar-refractivity contribution in [3.63, 3.8) is 0 Å². The number of carboxylic acids is 1.